The Kier molecular flexibility index (Phi) is 9.31. The van der Waals surface area contributed by atoms with E-state index in [1.807, 2.05) is 32.9 Å². The van der Waals surface area contributed by atoms with Crippen molar-refractivity contribution in [2.75, 3.05) is 21.3 Å². The van der Waals surface area contributed by atoms with Crippen molar-refractivity contribution in [3.63, 3.8) is 0 Å². The maximum absolute atomic E-state index is 14.5. The molecule has 42 heavy (non-hydrogen) atoms. The van der Waals surface area contributed by atoms with Crippen LogP contribution in [0.5, 0.6) is 17.2 Å². The van der Waals surface area contributed by atoms with Crippen LogP contribution in [0.4, 0.5) is 0 Å². The van der Waals surface area contributed by atoms with Crippen molar-refractivity contribution in [1.29, 1.82) is 0 Å². The normalized spacial score (nSPS) is 11.9. The first-order chi connectivity index (χ1) is 20.1. The van der Waals surface area contributed by atoms with Crippen molar-refractivity contribution in [2.45, 2.75) is 38.9 Å². The second-order valence-electron chi connectivity index (χ2n) is 10.4. The van der Waals surface area contributed by atoms with Crippen LogP contribution in [-0.4, -0.2) is 63.8 Å². The molecule has 1 heterocycles. The van der Waals surface area contributed by atoms with Gasteiger partial charge in [0, 0.05) is 22.7 Å². The van der Waals surface area contributed by atoms with Crippen molar-refractivity contribution in [1.82, 2.24) is 30.4 Å². The fourth-order valence-corrected chi connectivity index (χ4v) is 4.68. The van der Waals surface area contributed by atoms with Gasteiger partial charge in [0.1, 0.15) is 12.4 Å². The molecule has 220 valence electrons. The fourth-order valence-electron chi connectivity index (χ4n) is 4.49. The Morgan fingerprint density at radius 3 is 2.24 bits per heavy atom. The maximum Gasteiger partial charge on any atom is 0.255 e. The Balaban J connectivity index is 1.93. The minimum atomic E-state index is -1.13. The largest absolute Gasteiger partial charge is 0.493 e. The molecule has 0 spiro atoms. The number of benzene rings is 3. The number of hydrogen-bond acceptors (Lipinski definition) is 8. The van der Waals surface area contributed by atoms with Crippen LogP contribution in [0.2, 0.25) is 5.02 Å². The second kappa shape index (κ2) is 12.9. The highest BCUT2D eigenvalue weighted by Gasteiger charge is 2.36. The zero-order valence-electron chi connectivity index (χ0n) is 24.3. The van der Waals surface area contributed by atoms with Crippen LogP contribution in [0, 0.1) is 0 Å². The lowest BCUT2D eigenvalue weighted by Crippen LogP contribution is -2.49. The van der Waals surface area contributed by atoms with Crippen LogP contribution in [-0.2, 0) is 11.3 Å². The lowest BCUT2D eigenvalue weighted by molar-refractivity contribution is -0.127. The third kappa shape index (κ3) is 6.80. The standard InChI is InChI=1S/C30H33ClN6O5/c1-30(2,3)33-28(38)26(21-15-24(40-4)27(42-6)25(16-21)41-5)36(17-20-10-7-8-13-23(20)31)29(39)19-11-9-12-22(14-19)37-18-32-34-35-37/h7-16,18,26H,17H2,1-6H3,(H,33,38). The van der Waals surface area contributed by atoms with E-state index in [0.29, 0.717) is 44.6 Å². The molecular weight excluding hydrogens is 560 g/mol. The van der Waals surface area contributed by atoms with Gasteiger partial charge in [0.2, 0.25) is 11.7 Å². The second-order valence-corrected chi connectivity index (χ2v) is 10.8. The van der Waals surface area contributed by atoms with E-state index in [1.165, 1.54) is 37.2 Å². The number of carbonyl (C=O) groups is 2. The molecular formula is C30H33ClN6O5. The Labute approximate surface area is 249 Å². The molecule has 0 saturated carbocycles. The summed E-state index contributed by atoms with van der Waals surface area (Å²) >= 11 is 6.56. The summed E-state index contributed by atoms with van der Waals surface area (Å²) in [6.07, 6.45) is 1.43. The number of halogens is 1. The molecule has 4 rings (SSSR count). The van der Waals surface area contributed by atoms with E-state index in [2.05, 4.69) is 20.8 Å². The number of hydrogen-bond donors (Lipinski definition) is 1. The molecule has 2 amide bonds. The summed E-state index contributed by atoms with van der Waals surface area (Å²) in [5.41, 5.74) is 1.39. The molecule has 4 aromatic rings. The number of nitrogens with one attached hydrogen (secondary N) is 1. The highest BCUT2D eigenvalue weighted by Crippen LogP contribution is 2.41. The van der Waals surface area contributed by atoms with Crippen molar-refractivity contribution in [2.24, 2.45) is 0 Å². The fraction of sp³-hybridized carbons (Fsp3) is 0.300. The predicted octanol–water partition coefficient (Wildman–Crippen LogP) is 4.64. The van der Waals surface area contributed by atoms with Gasteiger partial charge in [-0.05, 0) is 78.7 Å². The molecule has 0 aliphatic rings. The molecule has 0 fully saturated rings. The summed E-state index contributed by atoms with van der Waals surface area (Å²) < 4.78 is 18.1. The van der Waals surface area contributed by atoms with Gasteiger partial charge in [-0.2, -0.15) is 0 Å². The van der Waals surface area contributed by atoms with Gasteiger partial charge in [0.25, 0.3) is 5.91 Å². The third-order valence-corrected chi connectivity index (χ3v) is 6.70. The van der Waals surface area contributed by atoms with Crippen LogP contribution < -0.4 is 19.5 Å². The number of nitrogens with zero attached hydrogens (tertiary/aromatic N) is 5. The number of rotatable bonds is 10. The highest BCUT2D eigenvalue weighted by atomic mass is 35.5. The quantitative estimate of drug-likeness (QED) is 0.283. The first-order valence-electron chi connectivity index (χ1n) is 13.1. The van der Waals surface area contributed by atoms with Gasteiger partial charge in [0.05, 0.1) is 27.0 Å². The van der Waals surface area contributed by atoms with Crippen molar-refractivity contribution in [3.05, 3.63) is 88.7 Å². The molecule has 12 heteroatoms. The number of aromatic nitrogens is 4. The topological polar surface area (TPSA) is 121 Å². The Bertz CT molecular complexity index is 1530. The molecule has 1 aromatic heterocycles. The SMILES string of the molecule is COc1cc(C(C(=O)NC(C)(C)C)N(Cc2ccccc2Cl)C(=O)c2cccc(-n3cnnn3)c2)cc(OC)c1OC. The Hall–Kier alpha value is -4.64. The van der Waals surface area contributed by atoms with E-state index >= 15 is 0 Å². The number of tetrazole rings is 1. The molecule has 3 aromatic carbocycles. The number of carbonyl (C=O) groups excluding carboxylic acids is 2. The molecule has 0 bridgehead atoms. The molecule has 1 N–H and O–H groups in total. The van der Waals surface area contributed by atoms with Crippen LogP contribution in [0.25, 0.3) is 5.69 Å². The van der Waals surface area contributed by atoms with Gasteiger partial charge in [0.15, 0.2) is 11.5 Å². The lowest BCUT2D eigenvalue weighted by Gasteiger charge is -2.34. The van der Waals surface area contributed by atoms with E-state index in [0.717, 1.165) is 0 Å². The summed E-state index contributed by atoms with van der Waals surface area (Å²) in [5.74, 6) is 0.204. The molecule has 0 aliphatic carbocycles. The molecule has 11 nitrogen and oxygen atoms in total. The monoisotopic (exact) mass is 592 g/mol. The third-order valence-electron chi connectivity index (χ3n) is 6.33. The number of methoxy groups -OCH3 is 3. The van der Waals surface area contributed by atoms with E-state index in [-0.39, 0.29) is 6.54 Å². The average molecular weight is 593 g/mol. The molecule has 0 aliphatic heterocycles. The summed E-state index contributed by atoms with van der Waals surface area (Å²) in [6, 6.07) is 16.2. The zero-order valence-corrected chi connectivity index (χ0v) is 25.0. The van der Waals surface area contributed by atoms with Crippen LogP contribution in [0.1, 0.15) is 48.3 Å². The summed E-state index contributed by atoms with van der Waals surface area (Å²) in [6.45, 7) is 5.62. The van der Waals surface area contributed by atoms with Gasteiger partial charge in [-0.25, -0.2) is 4.68 Å². The minimum Gasteiger partial charge on any atom is -0.493 e. The summed E-state index contributed by atoms with van der Waals surface area (Å²) in [4.78, 5) is 30.1. The zero-order chi connectivity index (χ0) is 30.4. The van der Waals surface area contributed by atoms with Crippen molar-refractivity contribution >= 4 is 23.4 Å². The number of amides is 2. The first kappa shape index (κ1) is 30.3. The molecule has 1 atom stereocenters. The lowest BCUT2D eigenvalue weighted by atomic mass is 9.98. The Morgan fingerprint density at radius 1 is 0.976 bits per heavy atom. The first-order valence-corrected chi connectivity index (χ1v) is 13.4. The maximum atomic E-state index is 14.5. The molecule has 0 radical (unpaired) electrons. The van der Waals surface area contributed by atoms with Gasteiger partial charge >= 0.3 is 0 Å². The predicted molar refractivity (Wildman–Crippen MR) is 157 cm³/mol. The van der Waals surface area contributed by atoms with Gasteiger partial charge in [-0.3, -0.25) is 9.59 Å². The van der Waals surface area contributed by atoms with E-state index < -0.39 is 23.4 Å². The average Bonchev–Trinajstić information content (AvgIpc) is 3.51. The summed E-state index contributed by atoms with van der Waals surface area (Å²) in [7, 11) is 4.47. The Morgan fingerprint density at radius 2 is 1.67 bits per heavy atom. The van der Waals surface area contributed by atoms with Crippen molar-refractivity contribution < 1.29 is 23.8 Å². The van der Waals surface area contributed by atoms with Crippen LogP contribution in [0.3, 0.4) is 0 Å². The van der Waals surface area contributed by atoms with E-state index in [4.69, 9.17) is 25.8 Å². The minimum absolute atomic E-state index is 0.0203. The van der Waals surface area contributed by atoms with Crippen LogP contribution >= 0.6 is 11.6 Å². The van der Waals surface area contributed by atoms with Gasteiger partial charge in [-0.15, -0.1) is 5.10 Å². The highest BCUT2D eigenvalue weighted by molar-refractivity contribution is 6.31. The van der Waals surface area contributed by atoms with E-state index in [9.17, 15) is 9.59 Å². The van der Waals surface area contributed by atoms with E-state index in [1.54, 1.807) is 48.5 Å². The van der Waals surface area contributed by atoms with Gasteiger partial charge in [-0.1, -0.05) is 35.9 Å². The van der Waals surface area contributed by atoms with Crippen LogP contribution in [0.15, 0.2) is 67.0 Å². The van der Waals surface area contributed by atoms with Gasteiger partial charge < -0.3 is 24.4 Å². The summed E-state index contributed by atoms with van der Waals surface area (Å²) in [5, 5.41) is 14.8. The smallest absolute Gasteiger partial charge is 0.255 e. The number of ether oxygens (including phenoxy) is 3. The van der Waals surface area contributed by atoms with Crippen molar-refractivity contribution in [3.8, 4) is 22.9 Å². The molecule has 1 unspecified atom stereocenters. The molecule has 0 saturated heterocycles.